The molecule has 0 radical (unpaired) electrons. The van der Waals surface area contributed by atoms with E-state index in [0.29, 0.717) is 13.0 Å². The molecule has 2 N–H and O–H groups in total. The van der Waals surface area contributed by atoms with Gasteiger partial charge in [-0.05, 0) is 48.1 Å². The molecule has 0 saturated heterocycles. The summed E-state index contributed by atoms with van der Waals surface area (Å²) >= 11 is 0. The molecule has 1 aromatic carbocycles. The molecule has 26 heavy (non-hydrogen) atoms. The smallest absolute Gasteiger partial charge is 0.315 e. The van der Waals surface area contributed by atoms with Gasteiger partial charge in [-0.1, -0.05) is 25.1 Å². The summed E-state index contributed by atoms with van der Waals surface area (Å²) in [6.45, 7) is 2.42. The van der Waals surface area contributed by atoms with Crippen LogP contribution in [0.5, 0.6) is 0 Å². The average Bonchev–Trinajstić information content (AvgIpc) is 3.06. The zero-order chi connectivity index (χ0) is 18.1. The maximum absolute atomic E-state index is 14.0. The third-order valence-electron chi connectivity index (χ3n) is 5.04. The van der Waals surface area contributed by atoms with E-state index >= 15 is 0 Å². The number of nitrogens with zero attached hydrogens (tertiary/aromatic N) is 2. The van der Waals surface area contributed by atoms with Gasteiger partial charge in [-0.2, -0.15) is 0 Å². The first-order valence-electron chi connectivity index (χ1n) is 8.86. The molecule has 2 aromatic heterocycles. The monoisotopic (exact) mass is 352 g/mol. The fourth-order valence-corrected chi connectivity index (χ4v) is 3.63. The van der Waals surface area contributed by atoms with Gasteiger partial charge in [0.1, 0.15) is 11.5 Å². The van der Waals surface area contributed by atoms with Crippen LogP contribution in [-0.2, 0) is 13.0 Å². The van der Waals surface area contributed by atoms with Crippen molar-refractivity contribution in [1.82, 2.24) is 20.0 Å². The van der Waals surface area contributed by atoms with Gasteiger partial charge < -0.3 is 15.0 Å². The van der Waals surface area contributed by atoms with Crippen LogP contribution in [0.1, 0.15) is 36.2 Å². The van der Waals surface area contributed by atoms with Gasteiger partial charge in [0.25, 0.3) is 0 Å². The standard InChI is InChI=1S/C20H21FN4O/c1-13-8-9-15-16(5-4-6-17(15)21)19(13)24-20(26)22-11-14-12-25-10-3-2-7-18(25)23-14/h2-7,10,12-13,19H,8-9,11H2,1H3,(H2,22,24,26). The minimum atomic E-state index is -0.268. The molecule has 2 atom stereocenters. The number of aromatic nitrogens is 2. The maximum Gasteiger partial charge on any atom is 0.315 e. The molecule has 0 spiro atoms. The minimum Gasteiger partial charge on any atom is -0.332 e. The van der Waals surface area contributed by atoms with Gasteiger partial charge in [0.05, 0.1) is 18.3 Å². The zero-order valence-electron chi connectivity index (χ0n) is 14.6. The van der Waals surface area contributed by atoms with Crippen LogP contribution < -0.4 is 10.6 Å². The van der Waals surface area contributed by atoms with Crippen molar-refractivity contribution in [1.29, 1.82) is 0 Å². The minimum absolute atomic E-state index is 0.185. The molecule has 1 aliphatic rings. The molecular weight excluding hydrogens is 331 g/mol. The lowest BCUT2D eigenvalue weighted by Gasteiger charge is -2.32. The summed E-state index contributed by atoms with van der Waals surface area (Å²) in [6.07, 6.45) is 5.38. The number of nitrogens with one attached hydrogen (secondary N) is 2. The Bertz CT molecular complexity index is 919. The number of hydrogen-bond acceptors (Lipinski definition) is 2. The largest absolute Gasteiger partial charge is 0.332 e. The van der Waals surface area contributed by atoms with E-state index < -0.39 is 0 Å². The number of pyridine rings is 1. The van der Waals surface area contributed by atoms with Gasteiger partial charge in [0, 0.05) is 12.4 Å². The summed E-state index contributed by atoms with van der Waals surface area (Å²) in [4.78, 5) is 16.9. The Balaban J connectivity index is 1.44. The van der Waals surface area contributed by atoms with Crippen LogP contribution in [0.3, 0.4) is 0 Å². The number of rotatable bonds is 3. The highest BCUT2D eigenvalue weighted by Gasteiger charge is 2.29. The number of carbonyl (C=O) groups is 1. The van der Waals surface area contributed by atoms with Crippen LogP contribution in [0.15, 0.2) is 48.8 Å². The fraction of sp³-hybridized carbons (Fsp3) is 0.300. The Labute approximate surface area is 151 Å². The zero-order valence-corrected chi connectivity index (χ0v) is 14.6. The molecule has 2 amide bonds. The van der Waals surface area contributed by atoms with Crippen LogP contribution in [0.4, 0.5) is 9.18 Å². The Morgan fingerprint density at radius 3 is 3.04 bits per heavy atom. The van der Waals surface area contributed by atoms with Crippen LogP contribution in [-0.4, -0.2) is 15.4 Å². The van der Waals surface area contributed by atoms with Crippen LogP contribution >= 0.6 is 0 Å². The fourth-order valence-electron chi connectivity index (χ4n) is 3.63. The Morgan fingerprint density at radius 1 is 1.31 bits per heavy atom. The first-order chi connectivity index (χ1) is 12.6. The third kappa shape index (κ3) is 3.14. The molecular formula is C20H21FN4O. The number of benzene rings is 1. The van der Waals surface area contributed by atoms with E-state index in [4.69, 9.17) is 0 Å². The number of carbonyl (C=O) groups excluding carboxylic acids is 1. The molecule has 2 heterocycles. The van der Waals surface area contributed by atoms with E-state index in [2.05, 4.69) is 22.5 Å². The molecule has 3 aromatic rings. The molecule has 5 nitrogen and oxygen atoms in total. The lowest BCUT2D eigenvalue weighted by atomic mass is 9.80. The molecule has 0 fully saturated rings. The predicted molar refractivity (Wildman–Crippen MR) is 97.2 cm³/mol. The molecule has 0 saturated carbocycles. The van der Waals surface area contributed by atoms with Crippen molar-refractivity contribution in [2.75, 3.05) is 0 Å². The first-order valence-corrected chi connectivity index (χ1v) is 8.86. The highest BCUT2D eigenvalue weighted by atomic mass is 19.1. The van der Waals surface area contributed by atoms with Crippen molar-refractivity contribution in [3.05, 3.63) is 71.4 Å². The SMILES string of the molecule is CC1CCc2c(F)cccc2C1NC(=O)NCc1cn2ccccc2n1. The molecule has 2 unspecified atom stereocenters. The van der Waals surface area contributed by atoms with Gasteiger partial charge in [-0.3, -0.25) is 0 Å². The highest BCUT2D eigenvalue weighted by Crippen LogP contribution is 2.35. The second kappa shape index (κ2) is 6.78. The third-order valence-corrected chi connectivity index (χ3v) is 5.04. The van der Waals surface area contributed by atoms with E-state index in [0.717, 1.165) is 28.9 Å². The number of amides is 2. The van der Waals surface area contributed by atoms with Crippen molar-refractivity contribution in [2.45, 2.75) is 32.4 Å². The van der Waals surface area contributed by atoms with Crippen molar-refractivity contribution < 1.29 is 9.18 Å². The summed E-state index contributed by atoms with van der Waals surface area (Å²) in [5.41, 5.74) is 3.23. The summed E-state index contributed by atoms with van der Waals surface area (Å²) in [7, 11) is 0. The van der Waals surface area contributed by atoms with Crippen LogP contribution in [0.25, 0.3) is 5.65 Å². The van der Waals surface area contributed by atoms with Crippen LogP contribution in [0.2, 0.25) is 0 Å². The van der Waals surface area contributed by atoms with E-state index in [1.165, 1.54) is 6.07 Å². The van der Waals surface area contributed by atoms with Crippen molar-refractivity contribution >= 4 is 11.7 Å². The van der Waals surface area contributed by atoms with Gasteiger partial charge in [0.15, 0.2) is 0 Å². The molecule has 0 aliphatic heterocycles. The lowest BCUT2D eigenvalue weighted by molar-refractivity contribution is 0.229. The second-order valence-corrected chi connectivity index (χ2v) is 6.83. The molecule has 6 heteroatoms. The molecule has 134 valence electrons. The van der Waals surface area contributed by atoms with Gasteiger partial charge in [-0.25, -0.2) is 14.2 Å². The van der Waals surface area contributed by atoms with Gasteiger partial charge >= 0.3 is 6.03 Å². The van der Waals surface area contributed by atoms with Gasteiger partial charge in [-0.15, -0.1) is 0 Å². The van der Waals surface area contributed by atoms with Crippen LogP contribution in [0, 0.1) is 11.7 Å². The Hall–Kier alpha value is -2.89. The molecule has 1 aliphatic carbocycles. The summed E-state index contributed by atoms with van der Waals surface area (Å²) in [5.74, 6) is 0.0663. The lowest BCUT2D eigenvalue weighted by Crippen LogP contribution is -2.41. The van der Waals surface area contributed by atoms with Crippen molar-refractivity contribution in [3.63, 3.8) is 0 Å². The number of imidazole rings is 1. The maximum atomic E-state index is 14.0. The number of fused-ring (bicyclic) bond motifs is 2. The topological polar surface area (TPSA) is 58.4 Å². The summed E-state index contributed by atoms with van der Waals surface area (Å²) < 4.78 is 16.0. The molecule has 4 rings (SSSR count). The highest BCUT2D eigenvalue weighted by molar-refractivity contribution is 5.74. The predicted octanol–water partition coefficient (Wildman–Crippen LogP) is 3.60. The number of hydrogen-bond donors (Lipinski definition) is 2. The Morgan fingerprint density at radius 2 is 2.19 bits per heavy atom. The van der Waals surface area contributed by atoms with E-state index in [-0.39, 0.29) is 23.8 Å². The number of halogens is 1. The van der Waals surface area contributed by atoms with Crippen molar-refractivity contribution in [3.8, 4) is 0 Å². The summed E-state index contributed by atoms with van der Waals surface area (Å²) in [6, 6.07) is 10.4. The average molecular weight is 352 g/mol. The number of urea groups is 1. The normalized spacial score (nSPS) is 19.2. The Kier molecular flexibility index (Phi) is 4.32. The van der Waals surface area contributed by atoms with E-state index in [1.54, 1.807) is 6.07 Å². The van der Waals surface area contributed by atoms with Crippen molar-refractivity contribution in [2.24, 2.45) is 5.92 Å². The first kappa shape index (κ1) is 16.6. The van der Waals surface area contributed by atoms with Gasteiger partial charge in [0.2, 0.25) is 0 Å². The van der Waals surface area contributed by atoms with E-state index in [1.807, 2.05) is 41.1 Å². The molecule has 0 bridgehead atoms. The summed E-state index contributed by atoms with van der Waals surface area (Å²) in [5, 5.41) is 5.86. The second-order valence-electron chi connectivity index (χ2n) is 6.83. The van der Waals surface area contributed by atoms with E-state index in [9.17, 15) is 9.18 Å². The quantitative estimate of drug-likeness (QED) is 0.757.